The molecule has 6 aromatic rings. The second-order valence-corrected chi connectivity index (χ2v) is 16.1. The Kier molecular flexibility index (Phi) is 4.47. The first-order chi connectivity index (χ1) is 20.0. The molecule has 3 aliphatic rings. The summed E-state index contributed by atoms with van der Waals surface area (Å²) in [7, 11) is -7.84. The zero-order chi connectivity index (χ0) is 27.5. The number of rotatable bonds is 2. The third kappa shape index (κ3) is 2.55. The largest absolute Gasteiger partial charge is 0.364 e. The summed E-state index contributed by atoms with van der Waals surface area (Å²) in [5.41, 5.74) is 3.04. The average Bonchev–Trinajstić information content (AvgIpc) is 3.49. The van der Waals surface area contributed by atoms with Crippen LogP contribution in [0.25, 0.3) is 21.5 Å². The van der Waals surface area contributed by atoms with Crippen molar-refractivity contribution in [2.75, 3.05) is 10.6 Å². The first-order valence-corrected chi connectivity index (χ1v) is 16.9. The molecule has 9 rings (SSSR count). The number of hydrogen-bond acceptors (Lipinski definition) is 5. The van der Waals surface area contributed by atoms with Crippen LogP contribution in [-0.2, 0) is 24.0 Å². The molecule has 3 aliphatic heterocycles. The van der Waals surface area contributed by atoms with Crippen molar-refractivity contribution >= 4 is 58.3 Å². The fourth-order valence-electron chi connectivity index (χ4n) is 7.47. The molecule has 1 saturated heterocycles. The summed E-state index contributed by atoms with van der Waals surface area (Å²) in [5, 5.41) is 9.71. The van der Waals surface area contributed by atoms with Gasteiger partial charge in [-0.25, -0.2) is 0 Å². The van der Waals surface area contributed by atoms with E-state index in [4.69, 9.17) is 4.31 Å². The second kappa shape index (κ2) is 7.78. The molecule has 198 valence electrons. The first kappa shape index (κ1) is 23.6. The maximum Gasteiger partial charge on any atom is 0.272 e. The highest BCUT2D eigenvalue weighted by atomic mass is 31.2. The number of benzene rings is 6. The summed E-state index contributed by atoms with van der Waals surface area (Å²) in [6.45, 7) is 0. The molecule has 3 heterocycles. The molecule has 0 unspecified atom stereocenters. The minimum absolute atomic E-state index is 0.566. The minimum Gasteiger partial charge on any atom is -0.364 e. The molecule has 5 nitrogen and oxygen atoms in total. The number of nitrogens with one attached hydrogen (secondary N) is 2. The van der Waals surface area contributed by atoms with Crippen molar-refractivity contribution in [3.63, 3.8) is 0 Å². The molecule has 0 aromatic heterocycles. The Bertz CT molecular complexity index is 2030. The molecule has 41 heavy (non-hydrogen) atoms. The predicted molar refractivity (Wildman–Crippen MR) is 167 cm³/mol. The Morgan fingerprint density at radius 1 is 0.463 bits per heavy atom. The van der Waals surface area contributed by atoms with Crippen LogP contribution in [0.15, 0.2) is 133 Å². The van der Waals surface area contributed by atoms with Crippen molar-refractivity contribution in [2.24, 2.45) is 0 Å². The Morgan fingerprint density at radius 2 is 0.854 bits per heavy atom. The summed E-state index contributed by atoms with van der Waals surface area (Å²) < 4.78 is 38.9. The van der Waals surface area contributed by atoms with Gasteiger partial charge in [0, 0.05) is 11.4 Å². The Balaban J connectivity index is 1.53. The monoisotopic (exact) mass is 570 g/mol. The molecule has 7 heteroatoms. The second-order valence-electron chi connectivity index (χ2n) is 10.9. The van der Waals surface area contributed by atoms with Crippen molar-refractivity contribution in [2.45, 2.75) is 10.6 Å². The molecule has 0 bridgehead atoms. The Morgan fingerprint density at radius 3 is 1.34 bits per heavy atom. The smallest absolute Gasteiger partial charge is 0.272 e. The molecule has 0 amide bonds. The van der Waals surface area contributed by atoms with Gasteiger partial charge in [-0.3, -0.25) is 13.4 Å². The molecule has 0 radical (unpaired) electrons. The van der Waals surface area contributed by atoms with Gasteiger partial charge in [0.1, 0.15) is 0 Å². The number of para-hydroxylation sites is 2. The van der Waals surface area contributed by atoms with Gasteiger partial charge in [-0.2, -0.15) is 0 Å². The van der Waals surface area contributed by atoms with E-state index in [0.717, 1.165) is 44.0 Å². The SMILES string of the molecule is O=[P@@]12O[P@@]3(=O)c4ccccc4N[C@@]3(c3cccc4ccccc34)[C@]1(c1cccc3ccccc13)Nc1ccccc12. The quantitative estimate of drug-likeness (QED) is 0.206. The fourth-order valence-corrected chi connectivity index (χ4v) is 16.2. The van der Waals surface area contributed by atoms with Gasteiger partial charge in [-0.1, -0.05) is 109 Å². The lowest BCUT2D eigenvalue weighted by Crippen LogP contribution is -2.52. The van der Waals surface area contributed by atoms with E-state index in [1.54, 1.807) is 0 Å². The maximum absolute atomic E-state index is 16.0. The molecule has 2 N–H and O–H groups in total. The van der Waals surface area contributed by atoms with Crippen LogP contribution in [0.3, 0.4) is 0 Å². The molecule has 0 spiro atoms. The lowest BCUT2D eigenvalue weighted by Gasteiger charge is -2.44. The average molecular weight is 571 g/mol. The van der Waals surface area contributed by atoms with Crippen LogP contribution in [0.4, 0.5) is 11.4 Å². The van der Waals surface area contributed by atoms with Crippen LogP contribution < -0.4 is 21.2 Å². The van der Waals surface area contributed by atoms with Gasteiger partial charge < -0.3 is 10.6 Å². The fraction of sp³-hybridized carbons (Fsp3) is 0.0588. The Labute approximate surface area is 237 Å². The molecule has 4 atom stereocenters. The lowest BCUT2D eigenvalue weighted by atomic mass is 9.86. The van der Waals surface area contributed by atoms with E-state index in [1.165, 1.54) is 0 Å². The van der Waals surface area contributed by atoms with Gasteiger partial charge in [0.2, 0.25) is 0 Å². The van der Waals surface area contributed by atoms with E-state index in [0.29, 0.717) is 10.6 Å². The van der Waals surface area contributed by atoms with E-state index in [-0.39, 0.29) is 0 Å². The van der Waals surface area contributed by atoms with Gasteiger partial charge in [0.25, 0.3) is 14.7 Å². The first-order valence-electron chi connectivity index (χ1n) is 13.7. The highest BCUT2D eigenvalue weighted by Gasteiger charge is 2.85. The number of anilines is 2. The van der Waals surface area contributed by atoms with Crippen LogP contribution in [0.5, 0.6) is 0 Å². The van der Waals surface area contributed by atoms with Crippen molar-refractivity contribution in [3.05, 3.63) is 145 Å². The van der Waals surface area contributed by atoms with Crippen molar-refractivity contribution < 1.29 is 13.4 Å². The van der Waals surface area contributed by atoms with E-state index in [2.05, 4.69) is 47.0 Å². The zero-order valence-electron chi connectivity index (χ0n) is 21.8. The molecule has 6 aromatic carbocycles. The summed E-state index contributed by atoms with van der Waals surface area (Å²) in [4.78, 5) is 0. The molecule has 0 saturated carbocycles. The highest BCUT2D eigenvalue weighted by Crippen LogP contribution is 2.94. The van der Waals surface area contributed by atoms with Gasteiger partial charge in [-0.15, -0.1) is 0 Å². The normalized spacial score (nSPS) is 28.9. The summed E-state index contributed by atoms with van der Waals surface area (Å²) in [6, 6.07) is 43.5. The van der Waals surface area contributed by atoms with E-state index >= 15 is 9.13 Å². The van der Waals surface area contributed by atoms with Gasteiger partial charge >= 0.3 is 0 Å². The van der Waals surface area contributed by atoms with Crippen LogP contribution in [0.1, 0.15) is 11.1 Å². The van der Waals surface area contributed by atoms with E-state index in [9.17, 15) is 0 Å². The van der Waals surface area contributed by atoms with Gasteiger partial charge in [-0.05, 0) is 56.9 Å². The number of fused-ring (bicyclic) bond motifs is 9. The van der Waals surface area contributed by atoms with Crippen molar-refractivity contribution in [1.82, 2.24) is 0 Å². The van der Waals surface area contributed by atoms with Crippen LogP contribution in [-0.4, -0.2) is 0 Å². The van der Waals surface area contributed by atoms with Crippen LogP contribution in [0, 0.1) is 0 Å². The molecule has 1 fully saturated rings. The molecular weight excluding hydrogens is 546 g/mol. The summed E-state index contributed by atoms with van der Waals surface area (Å²) in [5.74, 6) is 0. The lowest BCUT2D eigenvalue weighted by molar-refractivity contribution is 0.481. The van der Waals surface area contributed by atoms with Crippen molar-refractivity contribution in [3.8, 4) is 0 Å². The molecule has 0 aliphatic carbocycles. The van der Waals surface area contributed by atoms with E-state index < -0.39 is 25.3 Å². The number of hydrogen-bond donors (Lipinski definition) is 2. The molecular formula is C34H24N2O3P2. The minimum atomic E-state index is -3.92. The third-order valence-corrected chi connectivity index (χ3v) is 16.3. The van der Waals surface area contributed by atoms with E-state index in [1.807, 2.05) is 97.1 Å². The third-order valence-electron chi connectivity index (χ3n) is 9.07. The summed E-state index contributed by atoms with van der Waals surface area (Å²) >= 11 is 0. The Hall–Kier alpha value is -4.14. The topological polar surface area (TPSA) is 67.4 Å². The van der Waals surface area contributed by atoms with Crippen molar-refractivity contribution in [1.29, 1.82) is 0 Å². The standard InChI is InChI=1S/C34H24N2O3P2/c37-40-31-21-7-5-19-29(31)35-33(40,27-17-9-13-23-11-1-3-15-25(23)27)34(28-18-10-14-24-12-2-4-16-26(24)28)36-30-20-6-8-22-32(30)41(34,38)39-40/h1-22,35-36H/t33-,34-,40+,41+/m1/s1. The van der Waals surface area contributed by atoms with Gasteiger partial charge in [0.05, 0.1) is 10.6 Å². The van der Waals surface area contributed by atoms with Crippen LogP contribution in [0.2, 0.25) is 0 Å². The maximum atomic E-state index is 16.0. The van der Waals surface area contributed by atoms with Crippen LogP contribution >= 0.6 is 14.7 Å². The zero-order valence-corrected chi connectivity index (χ0v) is 23.6. The summed E-state index contributed by atoms with van der Waals surface area (Å²) in [6.07, 6.45) is 0. The predicted octanol–water partition coefficient (Wildman–Crippen LogP) is 8.09. The van der Waals surface area contributed by atoms with Gasteiger partial charge in [0.15, 0.2) is 10.6 Å². The highest BCUT2D eigenvalue weighted by molar-refractivity contribution is 7.85.